The summed E-state index contributed by atoms with van der Waals surface area (Å²) in [5.41, 5.74) is 0. The molecule has 108 valence electrons. The van der Waals surface area contributed by atoms with Gasteiger partial charge in [-0.05, 0) is 45.6 Å². The summed E-state index contributed by atoms with van der Waals surface area (Å²) < 4.78 is 5.83. The predicted octanol–water partition coefficient (Wildman–Crippen LogP) is 2.76. The van der Waals surface area contributed by atoms with Crippen LogP contribution in [0.5, 0.6) is 0 Å². The van der Waals surface area contributed by atoms with Crippen LogP contribution >= 0.6 is 0 Å². The Labute approximate surface area is 115 Å². The molecule has 5 heteroatoms. The predicted molar refractivity (Wildman–Crippen MR) is 76.2 cm³/mol. The third-order valence-electron chi connectivity index (χ3n) is 3.88. The van der Waals surface area contributed by atoms with Crippen LogP contribution in [0.25, 0.3) is 0 Å². The van der Waals surface area contributed by atoms with Crippen LogP contribution in [0.1, 0.15) is 58.9 Å². The summed E-state index contributed by atoms with van der Waals surface area (Å²) in [6.07, 6.45) is 3.50. The molecule has 1 saturated heterocycles. The number of piperidine rings is 1. The zero-order valence-corrected chi connectivity index (χ0v) is 12.5. The van der Waals surface area contributed by atoms with Gasteiger partial charge >= 0.3 is 6.01 Å². The highest BCUT2D eigenvalue weighted by Crippen LogP contribution is 2.27. The van der Waals surface area contributed by atoms with Gasteiger partial charge in [-0.15, -0.1) is 5.10 Å². The van der Waals surface area contributed by atoms with Gasteiger partial charge in [0.2, 0.25) is 5.89 Å². The van der Waals surface area contributed by atoms with Gasteiger partial charge in [0.1, 0.15) is 0 Å². The van der Waals surface area contributed by atoms with E-state index in [9.17, 15) is 0 Å². The van der Waals surface area contributed by atoms with E-state index in [1.165, 1.54) is 12.8 Å². The highest BCUT2D eigenvalue weighted by atomic mass is 16.4. The van der Waals surface area contributed by atoms with Crippen molar-refractivity contribution in [3.63, 3.8) is 0 Å². The van der Waals surface area contributed by atoms with E-state index in [-0.39, 0.29) is 6.04 Å². The Kier molecular flexibility index (Phi) is 4.80. The van der Waals surface area contributed by atoms with Crippen LogP contribution in [0, 0.1) is 5.92 Å². The number of hydrogen-bond acceptors (Lipinski definition) is 5. The third-order valence-corrected chi connectivity index (χ3v) is 3.88. The summed E-state index contributed by atoms with van der Waals surface area (Å²) in [5, 5.41) is 11.8. The van der Waals surface area contributed by atoms with Crippen molar-refractivity contribution >= 4 is 6.01 Å². The second-order valence-corrected chi connectivity index (χ2v) is 5.77. The first-order valence-corrected chi connectivity index (χ1v) is 7.45. The largest absolute Gasteiger partial charge is 0.406 e. The molecule has 1 fully saturated rings. The Morgan fingerprint density at radius 2 is 2.21 bits per heavy atom. The zero-order chi connectivity index (χ0) is 13.8. The Morgan fingerprint density at radius 1 is 1.42 bits per heavy atom. The molecule has 0 aromatic carbocycles. The van der Waals surface area contributed by atoms with E-state index in [1.54, 1.807) is 0 Å². The molecule has 0 saturated carbocycles. The van der Waals surface area contributed by atoms with Crippen molar-refractivity contribution < 1.29 is 4.42 Å². The van der Waals surface area contributed by atoms with Crippen LogP contribution < -0.4 is 10.2 Å². The Balaban J connectivity index is 2.00. The number of nitrogens with zero attached hydrogens (tertiary/aromatic N) is 3. The average Bonchev–Trinajstić information content (AvgIpc) is 2.85. The molecule has 0 spiro atoms. The summed E-state index contributed by atoms with van der Waals surface area (Å²) in [5.74, 6) is 1.48. The molecule has 1 N–H and O–H groups in total. The van der Waals surface area contributed by atoms with E-state index in [0.29, 0.717) is 17.9 Å². The minimum Gasteiger partial charge on any atom is -0.406 e. The molecule has 2 rings (SSSR count). The highest BCUT2D eigenvalue weighted by molar-refractivity contribution is 5.27. The van der Waals surface area contributed by atoms with Gasteiger partial charge in [-0.1, -0.05) is 18.9 Å². The normalized spacial score (nSPS) is 25.6. The molecule has 0 aliphatic carbocycles. The van der Waals surface area contributed by atoms with Crippen molar-refractivity contribution in [3.05, 3.63) is 5.89 Å². The molecule has 2 heterocycles. The molecule has 5 nitrogen and oxygen atoms in total. The summed E-state index contributed by atoms with van der Waals surface area (Å²) in [4.78, 5) is 2.24. The molecule has 0 bridgehead atoms. The molecule has 0 radical (unpaired) electrons. The topological polar surface area (TPSA) is 54.2 Å². The highest BCUT2D eigenvalue weighted by Gasteiger charge is 2.27. The first-order valence-electron chi connectivity index (χ1n) is 7.45. The van der Waals surface area contributed by atoms with E-state index < -0.39 is 0 Å². The van der Waals surface area contributed by atoms with Gasteiger partial charge in [-0.3, -0.25) is 0 Å². The van der Waals surface area contributed by atoms with Crippen molar-refractivity contribution in [2.75, 3.05) is 18.0 Å². The van der Waals surface area contributed by atoms with Gasteiger partial charge in [0, 0.05) is 12.6 Å². The molecule has 3 unspecified atom stereocenters. The number of hydrogen-bond donors (Lipinski definition) is 1. The van der Waals surface area contributed by atoms with Gasteiger partial charge in [-0.2, -0.15) is 0 Å². The van der Waals surface area contributed by atoms with Crippen LogP contribution in [0.15, 0.2) is 4.42 Å². The second-order valence-electron chi connectivity index (χ2n) is 5.77. The first kappa shape index (κ1) is 14.3. The second kappa shape index (κ2) is 6.37. The minimum absolute atomic E-state index is 0.125. The SMILES string of the molecule is CCCNC(C)c1nnc(N2CCC(C)CC2C)o1. The first-order chi connectivity index (χ1) is 9.11. The lowest BCUT2D eigenvalue weighted by atomic mass is 9.94. The quantitative estimate of drug-likeness (QED) is 0.888. The van der Waals surface area contributed by atoms with Crippen molar-refractivity contribution in [3.8, 4) is 0 Å². The molecule has 19 heavy (non-hydrogen) atoms. The maximum atomic E-state index is 5.83. The van der Waals surface area contributed by atoms with Crippen LogP contribution in [-0.2, 0) is 0 Å². The summed E-state index contributed by atoms with van der Waals surface area (Å²) in [6, 6.07) is 1.29. The van der Waals surface area contributed by atoms with Crippen molar-refractivity contribution in [1.29, 1.82) is 0 Å². The van der Waals surface area contributed by atoms with Crippen molar-refractivity contribution in [1.82, 2.24) is 15.5 Å². The average molecular weight is 266 g/mol. The molecule has 1 aromatic rings. The van der Waals surface area contributed by atoms with E-state index in [1.807, 2.05) is 0 Å². The maximum absolute atomic E-state index is 5.83. The fraction of sp³-hybridized carbons (Fsp3) is 0.857. The van der Waals surface area contributed by atoms with E-state index >= 15 is 0 Å². The fourth-order valence-corrected chi connectivity index (χ4v) is 2.66. The van der Waals surface area contributed by atoms with Crippen LogP contribution in [0.2, 0.25) is 0 Å². The monoisotopic (exact) mass is 266 g/mol. The Hall–Kier alpha value is -1.10. The maximum Gasteiger partial charge on any atom is 0.318 e. The van der Waals surface area contributed by atoms with Crippen molar-refractivity contribution in [2.24, 2.45) is 5.92 Å². The van der Waals surface area contributed by atoms with E-state index in [4.69, 9.17) is 4.42 Å². The molecular formula is C14H26N4O. The molecule has 1 aliphatic rings. The molecular weight excluding hydrogens is 240 g/mol. The zero-order valence-electron chi connectivity index (χ0n) is 12.5. The third kappa shape index (κ3) is 3.47. The lowest BCUT2D eigenvalue weighted by molar-refractivity contribution is 0.346. The van der Waals surface area contributed by atoms with Gasteiger partial charge in [0.15, 0.2) is 0 Å². The summed E-state index contributed by atoms with van der Waals surface area (Å²) >= 11 is 0. The molecule has 0 amide bonds. The lowest BCUT2D eigenvalue weighted by Gasteiger charge is -2.34. The number of aromatic nitrogens is 2. The summed E-state index contributed by atoms with van der Waals surface area (Å²) in [6.45, 7) is 10.7. The fourth-order valence-electron chi connectivity index (χ4n) is 2.66. The van der Waals surface area contributed by atoms with Gasteiger partial charge in [-0.25, -0.2) is 0 Å². The minimum atomic E-state index is 0.125. The van der Waals surface area contributed by atoms with Gasteiger partial charge < -0.3 is 14.6 Å². The number of nitrogens with one attached hydrogen (secondary N) is 1. The van der Waals surface area contributed by atoms with Crippen molar-refractivity contribution in [2.45, 2.75) is 59.0 Å². The standard InChI is InChI=1S/C14H26N4O/c1-5-7-15-12(4)13-16-17-14(19-13)18-8-6-10(2)9-11(18)3/h10-12,15H,5-9H2,1-4H3. The van der Waals surface area contributed by atoms with Gasteiger partial charge in [0.05, 0.1) is 6.04 Å². The van der Waals surface area contributed by atoms with Gasteiger partial charge in [0.25, 0.3) is 0 Å². The van der Waals surface area contributed by atoms with Crippen LogP contribution in [0.3, 0.4) is 0 Å². The van der Waals surface area contributed by atoms with E-state index in [0.717, 1.165) is 25.4 Å². The Bertz CT molecular complexity index is 393. The lowest BCUT2D eigenvalue weighted by Crippen LogP contribution is -2.40. The Morgan fingerprint density at radius 3 is 2.89 bits per heavy atom. The molecule has 1 aliphatic heterocycles. The smallest absolute Gasteiger partial charge is 0.318 e. The number of rotatable bonds is 5. The van der Waals surface area contributed by atoms with Crippen LogP contribution in [0.4, 0.5) is 6.01 Å². The molecule has 3 atom stereocenters. The number of anilines is 1. The summed E-state index contributed by atoms with van der Waals surface area (Å²) in [7, 11) is 0. The van der Waals surface area contributed by atoms with Crippen LogP contribution in [-0.4, -0.2) is 29.3 Å². The van der Waals surface area contributed by atoms with E-state index in [2.05, 4.69) is 48.1 Å². The molecule has 1 aromatic heterocycles.